The lowest BCUT2D eigenvalue weighted by atomic mass is 10.1. The highest BCUT2D eigenvalue weighted by Crippen LogP contribution is 2.34. The Kier molecular flexibility index (Phi) is 6.04. The van der Waals surface area contributed by atoms with Crippen molar-refractivity contribution in [3.05, 3.63) is 42.7 Å². The lowest BCUT2D eigenvalue weighted by molar-refractivity contribution is -0.137. The second kappa shape index (κ2) is 9.27. The maximum absolute atomic E-state index is 13.9. The zero-order valence-corrected chi connectivity index (χ0v) is 22.4. The zero-order chi connectivity index (χ0) is 29.3. The van der Waals surface area contributed by atoms with Gasteiger partial charge >= 0.3 is 10.2 Å². The van der Waals surface area contributed by atoms with Gasteiger partial charge in [0, 0.05) is 12.8 Å². The largest absolute Gasteiger partial charge is 0.332 e. The van der Waals surface area contributed by atoms with Crippen LogP contribution in [0.2, 0.25) is 0 Å². The van der Waals surface area contributed by atoms with Gasteiger partial charge in [0.25, 0.3) is 0 Å². The molecule has 0 saturated carbocycles. The molecule has 212 valence electrons. The number of imidazole rings is 2. The molecular formula is C24H19FN6O8S2. The standard InChI is InChI=1S/C24H19FN6O8S2/c25-41(38,39)13-2-4-17-15(10-13)27-24(31(17)19-6-8-21(33)29-23(19)35)40(36,37)12-1-3-16-14(9-12)26-11-30(16)18-5-7-20(32)28-22(18)34/h1-4,9-11,18-19H,5-8H2,(H,28,32,34)(H,29,33,35). The predicted molar refractivity (Wildman–Crippen MR) is 136 cm³/mol. The second-order valence-corrected chi connectivity index (χ2v) is 12.8. The van der Waals surface area contributed by atoms with E-state index in [-0.39, 0.29) is 53.0 Å². The van der Waals surface area contributed by atoms with E-state index in [1.54, 1.807) is 0 Å². The molecule has 2 aliphatic rings. The van der Waals surface area contributed by atoms with Gasteiger partial charge in [-0.3, -0.25) is 29.8 Å². The summed E-state index contributed by atoms with van der Waals surface area (Å²) in [7, 11) is -9.67. The number of rotatable bonds is 5. The van der Waals surface area contributed by atoms with Gasteiger partial charge in [0.2, 0.25) is 38.6 Å². The molecule has 4 aromatic rings. The molecule has 0 bridgehead atoms. The Morgan fingerprint density at radius 1 is 0.780 bits per heavy atom. The fourth-order valence-corrected chi connectivity index (χ4v) is 7.02. The van der Waals surface area contributed by atoms with Gasteiger partial charge < -0.3 is 9.13 Å². The van der Waals surface area contributed by atoms with Gasteiger partial charge in [-0.2, -0.15) is 8.42 Å². The van der Waals surface area contributed by atoms with Crippen molar-refractivity contribution >= 4 is 65.8 Å². The molecule has 14 nitrogen and oxygen atoms in total. The molecule has 2 aliphatic heterocycles. The van der Waals surface area contributed by atoms with Crippen LogP contribution in [0.5, 0.6) is 0 Å². The molecule has 17 heteroatoms. The number of sulfone groups is 1. The molecule has 6 rings (SSSR count). The minimum atomic E-state index is -5.15. The van der Waals surface area contributed by atoms with Crippen molar-refractivity contribution in [2.24, 2.45) is 0 Å². The summed E-state index contributed by atoms with van der Waals surface area (Å²) in [6, 6.07) is 4.95. The lowest BCUT2D eigenvalue weighted by Gasteiger charge is -2.24. The summed E-state index contributed by atoms with van der Waals surface area (Å²) < 4.78 is 67.2. The quantitative estimate of drug-likeness (QED) is 0.244. The van der Waals surface area contributed by atoms with E-state index in [1.807, 2.05) is 0 Å². The first-order valence-electron chi connectivity index (χ1n) is 12.2. The molecule has 41 heavy (non-hydrogen) atoms. The first-order chi connectivity index (χ1) is 19.3. The number of hydrogen-bond acceptors (Lipinski definition) is 10. The number of fused-ring (bicyclic) bond motifs is 2. The molecule has 4 amide bonds. The minimum Gasteiger partial charge on any atom is -0.318 e. The van der Waals surface area contributed by atoms with Crippen LogP contribution < -0.4 is 10.6 Å². The molecule has 0 aliphatic carbocycles. The van der Waals surface area contributed by atoms with Crippen molar-refractivity contribution in [3.8, 4) is 0 Å². The van der Waals surface area contributed by atoms with Crippen LogP contribution in [-0.4, -0.2) is 59.6 Å². The van der Waals surface area contributed by atoms with Crippen LogP contribution >= 0.6 is 0 Å². The van der Waals surface area contributed by atoms with E-state index in [1.165, 1.54) is 29.1 Å². The maximum atomic E-state index is 13.9. The van der Waals surface area contributed by atoms with E-state index >= 15 is 0 Å². The molecular weight excluding hydrogens is 583 g/mol. The van der Waals surface area contributed by atoms with Gasteiger partial charge in [-0.1, -0.05) is 0 Å². The molecule has 2 aromatic carbocycles. The Labute approximate surface area is 230 Å². The van der Waals surface area contributed by atoms with E-state index in [0.717, 1.165) is 22.8 Å². The highest BCUT2D eigenvalue weighted by atomic mass is 32.3. The minimum absolute atomic E-state index is 0.0358. The van der Waals surface area contributed by atoms with Gasteiger partial charge in [-0.05, 0) is 49.2 Å². The molecule has 2 saturated heterocycles. The number of carbonyl (C=O) groups is 4. The van der Waals surface area contributed by atoms with Gasteiger partial charge in [0.1, 0.15) is 17.0 Å². The average Bonchev–Trinajstić information content (AvgIpc) is 3.50. The summed E-state index contributed by atoms with van der Waals surface area (Å²) in [5.41, 5.74) is 0.476. The fourth-order valence-electron chi connectivity index (χ4n) is 5.11. The zero-order valence-electron chi connectivity index (χ0n) is 20.8. The van der Waals surface area contributed by atoms with Gasteiger partial charge in [0.15, 0.2) is 0 Å². The van der Waals surface area contributed by atoms with Crippen molar-refractivity contribution in [1.29, 1.82) is 0 Å². The van der Waals surface area contributed by atoms with Crippen LogP contribution in [0.4, 0.5) is 3.89 Å². The number of piperidine rings is 2. The summed E-state index contributed by atoms with van der Waals surface area (Å²) in [5.74, 6) is -2.22. The topological polar surface area (TPSA) is 196 Å². The summed E-state index contributed by atoms with van der Waals surface area (Å²) in [4.78, 5) is 55.7. The van der Waals surface area contributed by atoms with Gasteiger partial charge in [0.05, 0.1) is 33.3 Å². The summed E-state index contributed by atoms with van der Waals surface area (Å²) >= 11 is 0. The molecule has 2 unspecified atom stereocenters. The summed E-state index contributed by atoms with van der Waals surface area (Å²) in [5, 5.41) is 3.79. The second-order valence-electron chi connectivity index (χ2n) is 9.59. The van der Waals surface area contributed by atoms with E-state index in [2.05, 4.69) is 20.6 Å². The third-order valence-electron chi connectivity index (χ3n) is 7.07. The normalized spacial score (nSPS) is 20.4. The SMILES string of the molecule is O=C1CCC(n2cnc3cc(S(=O)(=O)c4nc5cc(S(=O)(=O)F)ccc5n4C4CCC(=O)NC4=O)ccc32)C(=O)N1. The van der Waals surface area contributed by atoms with Crippen molar-refractivity contribution in [1.82, 2.24) is 29.7 Å². The van der Waals surface area contributed by atoms with Crippen molar-refractivity contribution < 1.29 is 39.9 Å². The Balaban J connectivity index is 1.48. The Morgan fingerprint density at radius 2 is 1.37 bits per heavy atom. The van der Waals surface area contributed by atoms with Crippen LogP contribution in [0.3, 0.4) is 0 Å². The molecule has 2 aromatic heterocycles. The first kappa shape index (κ1) is 26.7. The van der Waals surface area contributed by atoms with Crippen LogP contribution in [0.15, 0.2) is 57.7 Å². The number of aromatic nitrogens is 4. The molecule has 0 radical (unpaired) electrons. The third kappa shape index (κ3) is 4.46. The number of amides is 4. The average molecular weight is 603 g/mol. The van der Waals surface area contributed by atoms with Crippen LogP contribution in [-0.2, 0) is 39.2 Å². The summed E-state index contributed by atoms with van der Waals surface area (Å²) in [6.45, 7) is 0. The molecule has 2 fully saturated rings. The lowest BCUT2D eigenvalue weighted by Crippen LogP contribution is -2.42. The highest BCUT2D eigenvalue weighted by molar-refractivity contribution is 7.91. The number of nitrogens with one attached hydrogen (secondary N) is 2. The molecule has 0 spiro atoms. The van der Waals surface area contributed by atoms with E-state index < -0.39 is 59.9 Å². The number of halogens is 1. The number of benzene rings is 2. The van der Waals surface area contributed by atoms with Crippen molar-refractivity contribution in [2.75, 3.05) is 0 Å². The Bertz CT molecular complexity index is 2050. The summed E-state index contributed by atoms with van der Waals surface area (Å²) in [6.07, 6.45) is 1.58. The van der Waals surface area contributed by atoms with E-state index in [0.29, 0.717) is 5.52 Å². The molecule has 2 N–H and O–H groups in total. The van der Waals surface area contributed by atoms with Gasteiger partial charge in [-0.15, -0.1) is 3.89 Å². The van der Waals surface area contributed by atoms with Crippen LogP contribution in [0, 0.1) is 0 Å². The monoisotopic (exact) mass is 602 g/mol. The Hall–Kier alpha value is -4.51. The number of nitrogens with zero attached hydrogens (tertiary/aromatic N) is 4. The van der Waals surface area contributed by atoms with Gasteiger partial charge in [-0.25, -0.2) is 18.4 Å². The fraction of sp³-hybridized carbons (Fsp3) is 0.250. The highest BCUT2D eigenvalue weighted by Gasteiger charge is 2.36. The van der Waals surface area contributed by atoms with E-state index in [9.17, 15) is 39.9 Å². The van der Waals surface area contributed by atoms with Crippen LogP contribution in [0.1, 0.15) is 37.8 Å². The number of imide groups is 2. The van der Waals surface area contributed by atoms with Crippen molar-refractivity contribution in [2.45, 2.75) is 52.7 Å². The number of carbonyl (C=O) groups excluding carboxylic acids is 4. The van der Waals surface area contributed by atoms with E-state index in [4.69, 9.17) is 0 Å². The third-order valence-corrected chi connectivity index (χ3v) is 9.53. The Morgan fingerprint density at radius 3 is 2.00 bits per heavy atom. The molecule has 2 atom stereocenters. The smallest absolute Gasteiger partial charge is 0.318 e. The number of hydrogen-bond donors (Lipinski definition) is 2. The first-order valence-corrected chi connectivity index (χ1v) is 15.1. The van der Waals surface area contributed by atoms with Crippen molar-refractivity contribution in [3.63, 3.8) is 0 Å². The molecule has 4 heterocycles. The maximum Gasteiger partial charge on any atom is 0.332 e. The predicted octanol–water partition coefficient (Wildman–Crippen LogP) is 0.832. The van der Waals surface area contributed by atoms with Crippen LogP contribution in [0.25, 0.3) is 22.1 Å².